The van der Waals surface area contributed by atoms with Crippen LogP contribution in [-0.2, 0) is 9.53 Å². The third-order valence-electron chi connectivity index (χ3n) is 7.11. The van der Waals surface area contributed by atoms with Gasteiger partial charge in [0.05, 0.1) is 6.61 Å². The molecule has 152 valence electrons. The zero-order valence-corrected chi connectivity index (χ0v) is 17.3. The summed E-state index contributed by atoms with van der Waals surface area (Å²) in [5, 5.41) is 0. The molecular weight excluding hydrogens is 362 g/mol. The molecule has 4 rings (SSSR count). The number of nitrogens with zero attached hydrogens (tertiary/aromatic N) is 3. The fourth-order valence-electron chi connectivity index (χ4n) is 5.18. The molecule has 0 unspecified atom stereocenters. The standard InChI is InChI=1S/C20H33N3O3S/c1-2-26-19(25)23-11-9-22(10-12-23)18(24)17-15-20(17)5-7-21(8-6-20)16-3-13-27-14-4-16/h16-17H,2-15H2,1H3/t17-/m0/s1. The quantitative estimate of drug-likeness (QED) is 0.734. The number of hydrogen-bond donors (Lipinski definition) is 0. The van der Waals surface area contributed by atoms with Gasteiger partial charge in [0, 0.05) is 38.1 Å². The molecule has 1 saturated carbocycles. The number of ether oxygens (including phenoxy) is 1. The van der Waals surface area contributed by atoms with E-state index in [-0.39, 0.29) is 17.4 Å². The molecule has 6 nitrogen and oxygen atoms in total. The van der Waals surface area contributed by atoms with Crippen LogP contribution < -0.4 is 0 Å². The minimum atomic E-state index is -0.249. The molecule has 3 saturated heterocycles. The normalized spacial score (nSPS) is 29.0. The first kappa shape index (κ1) is 19.4. The number of rotatable bonds is 3. The van der Waals surface area contributed by atoms with E-state index in [0.717, 1.165) is 12.5 Å². The zero-order chi connectivity index (χ0) is 18.9. The summed E-state index contributed by atoms with van der Waals surface area (Å²) in [7, 11) is 0. The fourth-order valence-corrected chi connectivity index (χ4v) is 6.26. The van der Waals surface area contributed by atoms with Crippen LogP contribution in [0.15, 0.2) is 0 Å². The molecule has 3 aliphatic heterocycles. The average molecular weight is 396 g/mol. The molecule has 0 aromatic rings. The Bertz CT molecular complexity index is 551. The molecule has 0 aromatic carbocycles. The lowest BCUT2D eigenvalue weighted by Crippen LogP contribution is -2.51. The molecule has 0 radical (unpaired) electrons. The van der Waals surface area contributed by atoms with Crippen LogP contribution in [-0.4, -0.2) is 90.1 Å². The Morgan fingerprint density at radius 1 is 1.00 bits per heavy atom. The SMILES string of the molecule is CCOC(=O)N1CCN(C(=O)[C@@H]2CC23CCN(C2CCSCC2)CC3)CC1. The van der Waals surface area contributed by atoms with Crippen molar-refractivity contribution in [2.24, 2.45) is 11.3 Å². The molecule has 3 heterocycles. The molecule has 7 heteroatoms. The maximum Gasteiger partial charge on any atom is 0.409 e. The maximum absolute atomic E-state index is 13.0. The second-order valence-corrected chi connectivity index (χ2v) is 9.73. The molecule has 27 heavy (non-hydrogen) atoms. The van der Waals surface area contributed by atoms with Gasteiger partial charge in [0.25, 0.3) is 0 Å². The Morgan fingerprint density at radius 3 is 2.26 bits per heavy atom. The van der Waals surface area contributed by atoms with Gasteiger partial charge in [-0.05, 0) is 69.0 Å². The summed E-state index contributed by atoms with van der Waals surface area (Å²) in [6.45, 7) is 7.06. The number of carbonyl (C=O) groups excluding carboxylic acids is 2. The molecule has 2 amide bonds. The number of likely N-dealkylation sites (tertiary alicyclic amines) is 1. The molecule has 1 spiro atoms. The number of piperazine rings is 1. The highest BCUT2D eigenvalue weighted by Gasteiger charge is 2.59. The van der Waals surface area contributed by atoms with E-state index in [4.69, 9.17) is 4.74 Å². The van der Waals surface area contributed by atoms with E-state index in [1.165, 1.54) is 50.3 Å². The first-order valence-corrected chi connectivity index (χ1v) is 11.8. The highest BCUT2D eigenvalue weighted by Crippen LogP contribution is 2.60. The fraction of sp³-hybridized carbons (Fsp3) is 0.900. The Labute approximate surface area is 166 Å². The summed E-state index contributed by atoms with van der Waals surface area (Å²) < 4.78 is 5.06. The Morgan fingerprint density at radius 2 is 1.63 bits per heavy atom. The van der Waals surface area contributed by atoms with Crippen LogP contribution in [0, 0.1) is 11.3 Å². The van der Waals surface area contributed by atoms with Crippen molar-refractivity contribution >= 4 is 23.8 Å². The van der Waals surface area contributed by atoms with Crippen molar-refractivity contribution in [2.75, 3.05) is 57.4 Å². The van der Waals surface area contributed by atoms with Gasteiger partial charge in [-0.3, -0.25) is 4.79 Å². The van der Waals surface area contributed by atoms with Crippen molar-refractivity contribution in [2.45, 2.75) is 45.1 Å². The lowest BCUT2D eigenvalue weighted by molar-refractivity contribution is -0.135. The zero-order valence-electron chi connectivity index (χ0n) is 16.5. The number of carbonyl (C=O) groups is 2. The minimum Gasteiger partial charge on any atom is -0.450 e. The lowest BCUT2D eigenvalue weighted by Gasteiger charge is -2.40. The van der Waals surface area contributed by atoms with Crippen LogP contribution in [0.5, 0.6) is 0 Å². The van der Waals surface area contributed by atoms with Crippen LogP contribution >= 0.6 is 11.8 Å². The highest BCUT2D eigenvalue weighted by molar-refractivity contribution is 7.99. The molecule has 0 N–H and O–H groups in total. The van der Waals surface area contributed by atoms with Gasteiger partial charge in [-0.2, -0.15) is 11.8 Å². The van der Waals surface area contributed by atoms with Crippen molar-refractivity contribution in [1.82, 2.24) is 14.7 Å². The largest absolute Gasteiger partial charge is 0.450 e. The van der Waals surface area contributed by atoms with E-state index in [1.54, 1.807) is 4.90 Å². The van der Waals surface area contributed by atoms with Gasteiger partial charge >= 0.3 is 6.09 Å². The van der Waals surface area contributed by atoms with E-state index < -0.39 is 0 Å². The molecule has 0 aromatic heterocycles. The Balaban J connectivity index is 1.23. The van der Waals surface area contributed by atoms with E-state index in [0.29, 0.717) is 38.7 Å². The van der Waals surface area contributed by atoms with Gasteiger partial charge in [0.15, 0.2) is 0 Å². The predicted octanol–water partition coefficient (Wildman–Crippen LogP) is 2.28. The lowest BCUT2D eigenvalue weighted by atomic mass is 9.89. The number of piperidine rings is 1. The molecular formula is C20H33N3O3S. The Hall–Kier alpha value is -0.950. The summed E-state index contributed by atoms with van der Waals surface area (Å²) in [6, 6.07) is 0.785. The molecule has 0 bridgehead atoms. The number of thioether (sulfide) groups is 1. The second-order valence-electron chi connectivity index (χ2n) is 8.51. The van der Waals surface area contributed by atoms with Gasteiger partial charge < -0.3 is 19.4 Å². The summed E-state index contributed by atoms with van der Waals surface area (Å²) in [6.07, 6.45) is 5.89. The van der Waals surface area contributed by atoms with Crippen molar-refractivity contribution in [3.8, 4) is 0 Å². The summed E-state index contributed by atoms with van der Waals surface area (Å²) in [4.78, 5) is 31.2. The summed E-state index contributed by atoms with van der Waals surface area (Å²) >= 11 is 2.09. The summed E-state index contributed by atoms with van der Waals surface area (Å²) in [5.74, 6) is 3.19. The third kappa shape index (κ3) is 4.09. The molecule has 4 fully saturated rings. The van der Waals surface area contributed by atoms with Crippen LogP contribution in [0.4, 0.5) is 4.79 Å². The number of hydrogen-bond acceptors (Lipinski definition) is 5. The van der Waals surface area contributed by atoms with E-state index >= 15 is 0 Å². The van der Waals surface area contributed by atoms with Crippen molar-refractivity contribution < 1.29 is 14.3 Å². The number of amides is 2. The van der Waals surface area contributed by atoms with Crippen LogP contribution in [0.25, 0.3) is 0 Å². The first-order valence-electron chi connectivity index (χ1n) is 10.7. The molecule has 4 aliphatic rings. The topological polar surface area (TPSA) is 53.1 Å². The van der Waals surface area contributed by atoms with Gasteiger partial charge in [0.2, 0.25) is 5.91 Å². The van der Waals surface area contributed by atoms with Gasteiger partial charge in [-0.1, -0.05) is 0 Å². The first-order chi connectivity index (χ1) is 13.1. The van der Waals surface area contributed by atoms with E-state index in [9.17, 15) is 9.59 Å². The van der Waals surface area contributed by atoms with Gasteiger partial charge in [-0.15, -0.1) is 0 Å². The van der Waals surface area contributed by atoms with Gasteiger partial charge in [0.1, 0.15) is 0 Å². The van der Waals surface area contributed by atoms with Crippen LogP contribution in [0.1, 0.15) is 39.0 Å². The third-order valence-corrected chi connectivity index (χ3v) is 8.15. The smallest absolute Gasteiger partial charge is 0.409 e. The highest BCUT2D eigenvalue weighted by atomic mass is 32.2. The molecule has 1 aliphatic carbocycles. The van der Waals surface area contributed by atoms with Crippen molar-refractivity contribution in [1.29, 1.82) is 0 Å². The summed E-state index contributed by atoms with van der Waals surface area (Å²) in [5.41, 5.74) is 0.287. The minimum absolute atomic E-state index is 0.232. The average Bonchev–Trinajstić information content (AvgIpc) is 3.42. The molecule has 1 atom stereocenters. The van der Waals surface area contributed by atoms with Gasteiger partial charge in [-0.25, -0.2) is 4.79 Å². The van der Waals surface area contributed by atoms with Crippen molar-refractivity contribution in [3.05, 3.63) is 0 Å². The van der Waals surface area contributed by atoms with Crippen molar-refractivity contribution in [3.63, 3.8) is 0 Å². The second kappa shape index (κ2) is 8.19. The Kier molecular flexibility index (Phi) is 5.88. The van der Waals surface area contributed by atoms with Crippen LogP contribution in [0.3, 0.4) is 0 Å². The maximum atomic E-state index is 13.0. The van der Waals surface area contributed by atoms with Crippen LogP contribution in [0.2, 0.25) is 0 Å². The predicted molar refractivity (Wildman–Crippen MR) is 107 cm³/mol. The van der Waals surface area contributed by atoms with E-state index in [2.05, 4.69) is 16.7 Å². The van der Waals surface area contributed by atoms with E-state index in [1.807, 2.05) is 11.8 Å². The monoisotopic (exact) mass is 395 g/mol.